The molecule has 0 aromatic heterocycles. The van der Waals surface area contributed by atoms with E-state index in [2.05, 4.69) is 22.7 Å². The Balaban J connectivity index is 1.68. The quantitative estimate of drug-likeness (QED) is 0.697. The lowest BCUT2D eigenvalue weighted by atomic mass is 10.0. The number of benzene rings is 2. The largest absolute Gasteiger partial charge is 0.485 e. The lowest BCUT2D eigenvalue weighted by molar-refractivity contribution is -0.130. The Labute approximate surface area is 141 Å². The number of hydrogen-bond acceptors (Lipinski definition) is 4. The number of hydrazone groups is 1. The van der Waals surface area contributed by atoms with Crippen molar-refractivity contribution in [1.82, 2.24) is 5.43 Å². The van der Waals surface area contributed by atoms with E-state index in [0.717, 1.165) is 22.4 Å². The summed E-state index contributed by atoms with van der Waals surface area (Å²) < 4.78 is 11.2. The number of nitrogens with one attached hydrogen (secondary N) is 1. The Morgan fingerprint density at radius 2 is 1.92 bits per heavy atom. The summed E-state index contributed by atoms with van der Waals surface area (Å²) in [6.45, 7) is 6.08. The minimum absolute atomic E-state index is 0.168. The van der Waals surface area contributed by atoms with Gasteiger partial charge in [0, 0.05) is 5.56 Å². The number of aryl methyl sites for hydroxylation is 2. The third-order valence-corrected chi connectivity index (χ3v) is 3.92. The van der Waals surface area contributed by atoms with Crippen molar-refractivity contribution in [3.8, 4) is 11.5 Å². The van der Waals surface area contributed by atoms with Gasteiger partial charge in [-0.25, -0.2) is 5.43 Å². The van der Waals surface area contributed by atoms with Crippen LogP contribution in [0.2, 0.25) is 0 Å². The highest BCUT2D eigenvalue weighted by atomic mass is 16.6. The summed E-state index contributed by atoms with van der Waals surface area (Å²) in [4.78, 5) is 12.3. The zero-order chi connectivity index (χ0) is 17.1. The van der Waals surface area contributed by atoms with Gasteiger partial charge in [0.1, 0.15) is 6.61 Å². The zero-order valence-electron chi connectivity index (χ0n) is 14.0. The van der Waals surface area contributed by atoms with Crippen LogP contribution in [-0.4, -0.2) is 24.3 Å². The van der Waals surface area contributed by atoms with E-state index in [9.17, 15) is 4.79 Å². The number of nitrogens with zero attached hydrogens (tertiary/aromatic N) is 1. The Morgan fingerprint density at radius 3 is 2.71 bits per heavy atom. The molecule has 0 radical (unpaired) electrons. The number of rotatable bonds is 3. The van der Waals surface area contributed by atoms with Gasteiger partial charge in [-0.1, -0.05) is 29.8 Å². The van der Waals surface area contributed by atoms with Crippen LogP contribution in [0.5, 0.6) is 11.5 Å². The maximum atomic E-state index is 12.3. The molecular formula is C19H20N2O3. The van der Waals surface area contributed by atoms with Crippen molar-refractivity contribution in [1.29, 1.82) is 0 Å². The number of hydrogen-bond donors (Lipinski definition) is 1. The standard InChI is InChI=1S/C19H20N2O3/c1-12-8-9-13(2)15(10-12)14(3)20-21-19(22)18-11-23-16-6-4-5-7-17(16)24-18/h4-10,18H,11H2,1-3H3,(H,21,22)/b20-14-/t18-/m1/s1. The predicted octanol–water partition coefficient (Wildman–Crippen LogP) is 2.98. The van der Waals surface area contributed by atoms with Crippen LogP contribution in [0.15, 0.2) is 47.6 Å². The van der Waals surface area contributed by atoms with Crippen LogP contribution in [0.3, 0.4) is 0 Å². The fraction of sp³-hybridized carbons (Fsp3) is 0.263. The molecule has 3 rings (SSSR count). The summed E-state index contributed by atoms with van der Waals surface area (Å²) in [6.07, 6.45) is -0.713. The van der Waals surface area contributed by atoms with Crippen LogP contribution in [0.4, 0.5) is 0 Å². The van der Waals surface area contributed by atoms with Crippen LogP contribution < -0.4 is 14.9 Å². The minimum atomic E-state index is -0.713. The summed E-state index contributed by atoms with van der Waals surface area (Å²) >= 11 is 0. The average molecular weight is 324 g/mol. The summed E-state index contributed by atoms with van der Waals surface area (Å²) in [7, 11) is 0. The van der Waals surface area contributed by atoms with Crippen LogP contribution in [-0.2, 0) is 4.79 Å². The van der Waals surface area contributed by atoms with Gasteiger partial charge in [-0.05, 0) is 44.5 Å². The molecule has 0 saturated carbocycles. The number of amides is 1. The summed E-state index contributed by atoms with van der Waals surface area (Å²) in [5, 5.41) is 4.21. The van der Waals surface area contributed by atoms with Crippen molar-refractivity contribution in [3.63, 3.8) is 0 Å². The third kappa shape index (κ3) is 3.40. The highest BCUT2D eigenvalue weighted by Crippen LogP contribution is 2.30. The molecule has 24 heavy (non-hydrogen) atoms. The number of carbonyl (C=O) groups excluding carboxylic acids is 1. The van der Waals surface area contributed by atoms with Crippen molar-refractivity contribution < 1.29 is 14.3 Å². The Bertz CT molecular complexity index is 799. The smallest absolute Gasteiger partial charge is 0.284 e. The highest BCUT2D eigenvalue weighted by molar-refractivity contribution is 6.00. The SMILES string of the molecule is C/C(=N/NC(=O)[C@H]1COc2ccccc2O1)c1cc(C)ccc1C. The van der Waals surface area contributed by atoms with E-state index < -0.39 is 6.10 Å². The molecule has 124 valence electrons. The lowest BCUT2D eigenvalue weighted by Crippen LogP contribution is -2.42. The van der Waals surface area contributed by atoms with Crippen LogP contribution in [0, 0.1) is 13.8 Å². The fourth-order valence-electron chi connectivity index (χ4n) is 2.55. The second-order valence-electron chi connectivity index (χ2n) is 5.86. The molecule has 2 aromatic carbocycles. The molecule has 0 fully saturated rings. The predicted molar refractivity (Wildman–Crippen MR) is 92.6 cm³/mol. The topological polar surface area (TPSA) is 59.9 Å². The van der Waals surface area contributed by atoms with E-state index in [4.69, 9.17) is 9.47 Å². The van der Waals surface area contributed by atoms with Gasteiger partial charge in [-0.3, -0.25) is 4.79 Å². The minimum Gasteiger partial charge on any atom is -0.485 e. The summed E-state index contributed by atoms with van der Waals surface area (Å²) in [5.41, 5.74) is 6.60. The van der Waals surface area contributed by atoms with E-state index >= 15 is 0 Å². The molecule has 1 N–H and O–H groups in total. The van der Waals surface area contributed by atoms with Gasteiger partial charge < -0.3 is 9.47 Å². The molecule has 0 saturated heterocycles. The number of fused-ring (bicyclic) bond motifs is 1. The molecule has 1 amide bonds. The molecule has 0 aliphatic carbocycles. The molecule has 0 spiro atoms. The molecule has 1 aliphatic heterocycles. The van der Waals surface area contributed by atoms with Crippen LogP contribution in [0.1, 0.15) is 23.6 Å². The molecule has 1 aliphatic rings. The van der Waals surface area contributed by atoms with Crippen molar-refractivity contribution in [2.45, 2.75) is 26.9 Å². The van der Waals surface area contributed by atoms with Crippen molar-refractivity contribution >= 4 is 11.6 Å². The van der Waals surface area contributed by atoms with Gasteiger partial charge in [-0.2, -0.15) is 5.10 Å². The number of para-hydroxylation sites is 2. The second-order valence-corrected chi connectivity index (χ2v) is 5.86. The molecule has 1 heterocycles. The Hall–Kier alpha value is -2.82. The van der Waals surface area contributed by atoms with Gasteiger partial charge in [-0.15, -0.1) is 0 Å². The molecule has 5 nitrogen and oxygen atoms in total. The van der Waals surface area contributed by atoms with E-state index in [1.54, 1.807) is 6.07 Å². The van der Waals surface area contributed by atoms with Crippen LogP contribution >= 0.6 is 0 Å². The summed E-state index contributed by atoms with van der Waals surface area (Å²) in [5.74, 6) is 0.893. The Kier molecular flexibility index (Phi) is 4.51. The lowest BCUT2D eigenvalue weighted by Gasteiger charge is -2.24. The average Bonchev–Trinajstić information content (AvgIpc) is 2.61. The first-order valence-electron chi connectivity index (χ1n) is 7.85. The molecule has 0 bridgehead atoms. The van der Waals surface area contributed by atoms with E-state index in [1.807, 2.05) is 45.0 Å². The maximum absolute atomic E-state index is 12.3. The van der Waals surface area contributed by atoms with E-state index in [1.165, 1.54) is 0 Å². The molecule has 2 aromatic rings. The Morgan fingerprint density at radius 1 is 1.17 bits per heavy atom. The fourth-order valence-corrected chi connectivity index (χ4v) is 2.55. The highest BCUT2D eigenvalue weighted by Gasteiger charge is 2.27. The molecular weight excluding hydrogens is 304 g/mol. The summed E-state index contributed by atoms with van der Waals surface area (Å²) in [6, 6.07) is 13.4. The van der Waals surface area contributed by atoms with E-state index in [0.29, 0.717) is 11.5 Å². The van der Waals surface area contributed by atoms with Gasteiger partial charge in [0.05, 0.1) is 5.71 Å². The van der Waals surface area contributed by atoms with E-state index in [-0.39, 0.29) is 12.5 Å². The van der Waals surface area contributed by atoms with Crippen molar-refractivity contribution in [2.75, 3.05) is 6.61 Å². The number of carbonyl (C=O) groups is 1. The first-order valence-corrected chi connectivity index (χ1v) is 7.85. The van der Waals surface area contributed by atoms with Crippen molar-refractivity contribution in [2.24, 2.45) is 5.10 Å². The normalized spacial score (nSPS) is 16.6. The van der Waals surface area contributed by atoms with Gasteiger partial charge in [0.15, 0.2) is 11.5 Å². The van der Waals surface area contributed by atoms with Gasteiger partial charge in [0.2, 0.25) is 6.10 Å². The van der Waals surface area contributed by atoms with Gasteiger partial charge >= 0.3 is 0 Å². The molecule has 0 unspecified atom stereocenters. The first kappa shape index (κ1) is 16.1. The monoisotopic (exact) mass is 324 g/mol. The third-order valence-electron chi connectivity index (χ3n) is 3.92. The second kappa shape index (κ2) is 6.74. The first-order chi connectivity index (χ1) is 11.5. The van der Waals surface area contributed by atoms with Gasteiger partial charge in [0.25, 0.3) is 5.91 Å². The molecule has 5 heteroatoms. The molecule has 1 atom stereocenters. The maximum Gasteiger partial charge on any atom is 0.284 e. The zero-order valence-corrected chi connectivity index (χ0v) is 14.0. The number of ether oxygens (including phenoxy) is 2. The van der Waals surface area contributed by atoms with Crippen molar-refractivity contribution in [3.05, 3.63) is 59.2 Å². The van der Waals surface area contributed by atoms with Crippen LogP contribution in [0.25, 0.3) is 0 Å².